The molecule has 0 saturated carbocycles. The van der Waals surface area contributed by atoms with Gasteiger partial charge in [0.25, 0.3) is 23.2 Å². The molecule has 0 heterocycles. The Morgan fingerprint density at radius 3 is 1.21 bits per heavy atom. The maximum Gasteiger partial charge on any atom is 0.269 e. The third kappa shape index (κ3) is 7.99. The van der Waals surface area contributed by atoms with E-state index in [-0.39, 0.29) is 35.3 Å². The van der Waals surface area contributed by atoms with Gasteiger partial charge in [-0.05, 0) is 37.1 Å². The van der Waals surface area contributed by atoms with Crippen molar-refractivity contribution in [2.24, 2.45) is 0 Å². The summed E-state index contributed by atoms with van der Waals surface area (Å²) < 4.78 is 0. The van der Waals surface area contributed by atoms with Crippen LogP contribution in [0.2, 0.25) is 0 Å². The Kier molecular flexibility index (Phi) is 9.13. The lowest BCUT2D eigenvalue weighted by Gasteiger charge is -2.08. The maximum atomic E-state index is 11.9. The highest BCUT2D eigenvalue weighted by molar-refractivity contribution is 5.96. The maximum absolute atomic E-state index is 11.9. The predicted molar refractivity (Wildman–Crippen MR) is 116 cm³/mol. The molecule has 0 fully saturated rings. The minimum atomic E-state index is -0.647. The molecule has 0 radical (unpaired) electrons. The molecule has 0 spiro atoms. The van der Waals surface area contributed by atoms with E-state index in [2.05, 4.69) is 21.7 Å². The van der Waals surface area contributed by atoms with Crippen molar-refractivity contribution in [2.75, 3.05) is 0 Å². The van der Waals surface area contributed by atoms with Crippen molar-refractivity contribution in [1.29, 1.82) is 0 Å². The van der Waals surface area contributed by atoms with Crippen LogP contribution in [0.1, 0.15) is 46.4 Å². The Labute approximate surface area is 191 Å². The average Bonchev–Trinajstić information content (AvgIpc) is 2.83. The van der Waals surface area contributed by atoms with E-state index < -0.39 is 33.5 Å². The highest BCUT2D eigenvalue weighted by Crippen LogP contribution is 2.12. The third-order valence-corrected chi connectivity index (χ3v) is 4.37. The van der Waals surface area contributed by atoms with Crippen molar-refractivity contribution in [3.63, 3.8) is 0 Å². The lowest BCUT2D eigenvalue weighted by molar-refractivity contribution is -0.385. The predicted octanol–water partition coefficient (Wildman–Crippen LogP) is 1.29. The number of nitrogens with zero attached hydrogens (tertiary/aromatic N) is 2. The van der Waals surface area contributed by atoms with Gasteiger partial charge in [0, 0.05) is 48.2 Å². The number of non-ortho nitro benzene ring substituents is 2. The summed E-state index contributed by atoms with van der Waals surface area (Å²) in [6, 6.07) is 9.65. The molecule has 0 atom stereocenters. The Balaban J connectivity index is 1.61. The van der Waals surface area contributed by atoms with Gasteiger partial charge in [-0.1, -0.05) is 0 Å². The standard InChI is InChI=1S/C20H20N6O8/c27-17(21-23-19(29)13-5-9-15(10-6-13)25(31)32)3-1-2-4-18(28)22-24-20(30)14-7-11-16(12-8-14)26(33)34/h5-12H,1-4H2,(H,21,27)(H,22,28)(H,23,29)(H,24,30). The van der Waals surface area contributed by atoms with E-state index in [9.17, 15) is 39.4 Å². The van der Waals surface area contributed by atoms with Crippen LogP contribution in [0.5, 0.6) is 0 Å². The summed E-state index contributed by atoms with van der Waals surface area (Å²) in [7, 11) is 0. The van der Waals surface area contributed by atoms with Crippen LogP contribution in [0.4, 0.5) is 11.4 Å². The monoisotopic (exact) mass is 472 g/mol. The van der Waals surface area contributed by atoms with Gasteiger partial charge in [-0.25, -0.2) is 0 Å². The van der Waals surface area contributed by atoms with E-state index in [1.807, 2.05) is 0 Å². The quantitative estimate of drug-likeness (QED) is 0.237. The van der Waals surface area contributed by atoms with Crippen LogP contribution in [-0.4, -0.2) is 33.5 Å². The lowest BCUT2D eigenvalue weighted by Crippen LogP contribution is -2.42. The number of rotatable bonds is 9. The zero-order valence-corrected chi connectivity index (χ0v) is 17.6. The van der Waals surface area contributed by atoms with Crippen molar-refractivity contribution >= 4 is 35.0 Å². The van der Waals surface area contributed by atoms with Gasteiger partial charge < -0.3 is 0 Å². The number of hydrogen-bond donors (Lipinski definition) is 4. The second kappa shape index (κ2) is 12.2. The van der Waals surface area contributed by atoms with Crippen LogP contribution in [0.15, 0.2) is 48.5 Å². The second-order valence-corrected chi connectivity index (χ2v) is 6.82. The summed E-state index contributed by atoms with van der Waals surface area (Å²) in [6.45, 7) is 0. The molecule has 14 nitrogen and oxygen atoms in total. The number of carbonyl (C=O) groups is 4. The molecule has 0 unspecified atom stereocenters. The van der Waals surface area contributed by atoms with Crippen LogP contribution in [0.3, 0.4) is 0 Å². The molecule has 4 amide bonds. The number of carbonyl (C=O) groups excluding carboxylic acids is 4. The van der Waals surface area contributed by atoms with Crippen molar-refractivity contribution in [2.45, 2.75) is 25.7 Å². The molecule has 0 aliphatic heterocycles. The van der Waals surface area contributed by atoms with E-state index in [4.69, 9.17) is 0 Å². The number of nitro benzene ring substituents is 2. The fourth-order valence-corrected chi connectivity index (χ4v) is 2.56. The molecule has 4 N–H and O–H groups in total. The number of hydrazine groups is 2. The molecule has 34 heavy (non-hydrogen) atoms. The number of amides is 4. The van der Waals surface area contributed by atoms with Crippen molar-refractivity contribution in [1.82, 2.24) is 21.7 Å². The molecule has 178 valence electrons. The summed E-state index contributed by atoms with van der Waals surface area (Å²) in [5, 5.41) is 21.2. The molecule has 2 aromatic rings. The molecule has 2 aromatic carbocycles. The van der Waals surface area contributed by atoms with Crippen LogP contribution in [-0.2, 0) is 9.59 Å². The first kappa shape index (κ1) is 25.4. The number of nitrogens with one attached hydrogen (secondary N) is 4. The van der Waals surface area contributed by atoms with Gasteiger partial charge in [0.15, 0.2) is 0 Å². The molecule has 0 aliphatic carbocycles. The van der Waals surface area contributed by atoms with Crippen molar-refractivity contribution in [3.8, 4) is 0 Å². The van der Waals surface area contributed by atoms with Crippen molar-refractivity contribution in [3.05, 3.63) is 79.9 Å². The SMILES string of the molecule is O=C(CCCCC(=O)NNC(=O)c1ccc([N+](=O)[O-])cc1)NNC(=O)c1ccc([N+](=O)[O-])cc1. The first-order valence-electron chi connectivity index (χ1n) is 9.84. The Morgan fingerprint density at radius 1 is 0.588 bits per heavy atom. The van der Waals surface area contributed by atoms with Gasteiger partial charge >= 0.3 is 0 Å². The molecular formula is C20H20N6O8. The summed E-state index contributed by atoms with van der Waals surface area (Å²) in [6.07, 6.45) is 0.678. The molecule has 0 aliphatic rings. The minimum Gasteiger partial charge on any atom is -0.273 e. The largest absolute Gasteiger partial charge is 0.273 e. The van der Waals surface area contributed by atoms with Gasteiger partial charge in [0.05, 0.1) is 9.85 Å². The minimum absolute atomic E-state index is 0.0168. The van der Waals surface area contributed by atoms with Crippen molar-refractivity contribution < 1.29 is 29.0 Å². The summed E-state index contributed by atoms with van der Waals surface area (Å²) in [5.41, 5.74) is 8.68. The Hall–Kier alpha value is -4.88. The Morgan fingerprint density at radius 2 is 0.912 bits per heavy atom. The highest BCUT2D eigenvalue weighted by Gasteiger charge is 2.12. The van der Waals surface area contributed by atoms with Crippen LogP contribution in [0.25, 0.3) is 0 Å². The van der Waals surface area contributed by atoms with E-state index in [0.29, 0.717) is 12.8 Å². The Bertz CT molecular complexity index is 998. The molecule has 0 aromatic heterocycles. The topological polar surface area (TPSA) is 203 Å². The van der Waals surface area contributed by atoms with Gasteiger partial charge in [-0.15, -0.1) is 0 Å². The van der Waals surface area contributed by atoms with Gasteiger partial charge in [0.1, 0.15) is 0 Å². The molecular weight excluding hydrogens is 452 g/mol. The molecule has 2 rings (SSSR count). The van der Waals surface area contributed by atoms with Crippen LogP contribution in [0, 0.1) is 20.2 Å². The van der Waals surface area contributed by atoms with Gasteiger partial charge in [0.2, 0.25) is 11.8 Å². The van der Waals surface area contributed by atoms with Crippen LogP contribution < -0.4 is 21.7 Å². The highest BCUT2D eigenvalue weighted by atomic mass is 16.6. The fourth-order valence-electron chi connectivity index (χ4n) is 2.56. The van der Waals surface area contributed by atoms with Gasteiger partial charge in [-0.2, -0.15) is 0 Å². The van der Waals surface area contributed by atoms with Crippen LogP contribution >= 0.6 is 0 Å². The van der Waals surface area contributed by atoms with E-state index >= 15 is 0 Å². The fraction of sp³-hybridized carbons (Fsp3) is 0.200. The summed E-state index contributed by atoms with van der Waals surface area (Å²) in [4.78, 5) is 67.4. The third-order valence-electron chi connectivity index (χ3n) is 4.37. The number of unbranched alkanes of at least 4 members (excludes halogenated alkanes) is 1. The molecule has 0 saturated heterocycles. The smallest absolute Gasteiger partial charge is 0.269 e. The van der Waals surface area contributed by atoms with E-state index in [0.717, 1.165) is 24.3 Å². The summed E-state index contributed by atoms with van der Waals surface area (Å²) in [5.74, 6) is -2.29. The normalized spacial score (nSPS) is 10.0. The average molecular weight is 472 g/mol. The summed E-state index contributed by atoms with van der Waals surface area (Å²) >= 11 is 0. The first-order chi connectivity index (χ1) is 16.2. The zero-order chi connectivity index (χ0) is 25.1. The first-order valence-corrected chi connectivity index (χ1v) is 9.84. The number of benzene rings is 2. The second-order valence-electron chi connectivity index (χ2n) is 6.82. The lowest BCUT2D eigenvalue weighted by atomic mass is 10.2. The van der Waals surface area contributed by atoms with Gasteiger partial charge in [-0.3, -0.25) is 61.1 Å². The zero-order valence-electron chi connectivity index (χ0n) is 17.6. The van der Waals surface area contributed by atoms with E-state index in [1.165, 1.54) is 24.3 Å². The van der Waals surface area contributed by atoms with E-state index in [1.54, 1.807) is 0 Å². The number of hydrogen-bond acceptors (Lipinski definition) is 8. The molecule has 0 bridgehead atoms. The number of nitro groups is 2. The molecule has 14 heteroatoms.